The van der Waals surface area contributed by atoms with Crippen molar-refractivity contribution in [1.29, 1.82) is 0 Å². The summed E-state index contributed by atoms with van der Waals surface area (Å²) in [5.41, 5.74) is 7.89. The van der Waals surface area contributed by atoms with Gasteiger partial charge in [-0.1, -0.05) is 23.9 Å². The number of nitrogens with zero attached hydrogens (tertiary/aromatic N) is 1. The van der Waals surface area contributed by atoms with Crippen LogP contribution in [0.5, 0.6) is 0 Å². The van der Waals surface area contributed by atoms with Crippen LogP contribution in [0.3, 0.4) is 0 Å². The van der Waals surface area contributed by atoms with Gasteiger partial charge < -0.3 is 14.9 Å². The number of anilines is 2. The molecule has 0 bridgehead atoms. The summed E-state index contributed by atoms with van der Waals surface area (Å²) in [6.07, 6.45) is 0. The summed E-state index contributed by atoms with van der Waals surface area (Å²) in [5, 5.41) is 1.97. The number of halogens is 2. The molecule has 3 nitrogen and oxygen atoms in total. The number of rotatable bonds is 2. The van der Waals surface area contributed by atoms with E-state index < -0.39 is 0 Å². The molecule has 2 N–H and O–H groups in total. The Morgan fingerprint density at radius 2 is 1.09 bits per heavy atom. The Labute approximate surface area is 204 Å². The molecule has 35 heavy (non-hydrogen) atoms. The highest BCUT2D eigenvalue weighted by molar-refractivity contribution is 7.99. The summed E-state index contributed by atoms with van der Waals surface area (Å²) >= 11 is 1.73. The van der Waals surface area contributed by atoms with Crippen molar-refractivity contribution >= 4 is 44.9 Å². The molecule has 4 aromatic carbocycles. The van der Waals surface area contributed by atoms with E-state index in [1.165, 1.54) is 24.3 Å². The van der Waals surface area contributed by atoms with Crippen LogP contribution in [0.1, 0.15) is 0 Å². The minimum atomic E-state index is -0.249. The van der Waals surface area contributed by atoms with Gasteiger partial charge in [-0.25, -0.2) is 8.78 Å². The number of fused-ring (bicyclic) bond motifs is 4. The largest absolute Gasteiger partial charge is 0.354 e. The van der Waals surface area contributed by atoms with E-state index in [0.29, 0.717) is 0 Å². The maximum atomic E-state index is 13.6. The van der Waals surface area contributed by atoms with Gasteiger partial charge in [-0.2, -0.15) is 0 Å². The van der Waals surface area contributed by atoms with E-state index in [-0.39, 0.29) is 11.6 Å². The van der Waals surface area contributed by atoms with Crippen LogP contribution in [0.25, 0.3) is 44.3 Å². The van der Waals surface area contributed by atoms with Crippen LogP contribution in [-0.4, -0.2) is 17.0 Å². The fourth-order valence-corrected chi connectivity index (χ4v) is 6.07. The summed E-state index contributed by atoms with van der Waals surface area (Å²) in [6, 6.07) is 26.5. The van der Waals surface area contributed by atoms with Crippen molar-refractivity contribution in [3.05, 3.63) is 96.6 Å². The van der Waals surface area contributed by atoms with Crippen molar-refractivity contribution in [1.82, 2.24) is 9.97 Å². The standard InChI is InChI=1S/C29H19F2N3S/c1-34-26-8-4-18(22-10-16-2-6-20(30)14-24(16)32-22)12-28(26)35-29-13-19(5-9-27(29)34)23-11-17-3-7-21(31)15-25(17)33-23/h2-15,32-33H,1H3. The number of nitrogens with one attached hydrogen (secondary N) is 2. The van der Waals surface area contributed by atoms with Gasteiger partial charge in [0.05, 0.1) is 11.4 Å². The predicted octanol–water partition coefficient (Wildman–Crippen LogP) is 8.49. The molecule has 0 aliphatic carbocycles. The van der Waals surface area contributed by atoms with Crippen molar-refractivity contribution in [2.75, 3.05) is 11.9 Å². The molecule has 0 spiro atoms. The predicted molar refractivity (Wildman–Crippen MR) is 140 cm³/mol. The number of benzene rings is 4. The second-order valence-corrected chi connectivity index (χ2v) is 9.94. The van der Waals surface area contributed by atoms with Crippen LogP contribution in [0.4, 0.5) is 20.2 Å². The number of hydrogen-bond donors (Lipinski definition) is 2. The zero-order chi connectivity index (χ0) is 23.7. The average molecular weight is 480 g/mol. The lowest BCUT2D eigenvalue weighted by molar-refractivity contribution is 0.629. The highest BCUT2D eigenvalue weighted by Gasteiger charge is 2.22. The van der Waals surface area contributed by atoms with Crippen LogP contribution >= 0.6 is 11.8 Å². The van der Waals surface area contributed by atoms with Gasteiger partial charge in [0, 0.05) is 50.0 Å². The molecule has 0 amide bonds. The Morgan fingerprint density at radius 3 is 1.57 bits per heavy atom. The number of H-pyrrole nitrogens is 2. The van der Waals surface area contributed by atoms with E-state index >= 15 is 0 Å². The fraction of sp³-hybridized carbons (Fsp3) is 0.0345. The first-order chi connectivity index (χ1) is 17.0. The Bertz CT molecular complexity index is 1650. The third kappa shape index (κ3) is 3.33. The Balaban J connectivity index is 1.27. The summed E-state index contributed by atoms with van der Waals surface area (Å²) in [5.74, 6) is -0.498. The molecule has 7 rings (SSSR count). The zero-order valence-electron chi connectivity index (χ0n) is 18.7. The Kier molecular flexibility index (Phi) is 4.35. The Morgan fingerprint density at radius 1 is 0.600 bits per heavy atom. The highest BCUT2D eigenvalue weighted by Crippen LogP contribution is 2.49. The minimum Gasteiger partial charge on any atom is -0.354 e. The topological polar surface area (TPSA) is 34.8 Å². The summed E-state index contributed by atoms with van der Waals surface area (Å²) in [7, 11) is 2.08. The first-order valence-corrected chi connectivity index (χ1v) is 12.1. The monoisotopic (exact) mass is 479 g/mol. The number of hydrogen-bond acceptors (Lipinski definition) is 2. The van der Waals surface area contributed by atoms with Crippen LogP contribution < -0.4 is 4.90 Å². The van der Waals surface area contributed by atoms with Gasteiger partial charge in [0.1, 0.15) is 11.6 Å². The molecule has 1 aliphatic rings. The molecule has 170 valence electrons. The molecular weight excluding hydrogens is 460 g/mol. The van der Waals surface area contributed by atoms with E-state index in [1.807, 2.05) is 0 Å². The number of aromatic amines is 2. The molecule has 0 radical (unpaired) electrons. The van der Waals surface area contributed by atoms with E-state index in [2.05, 4.69) is 70.4 Å². The van der Waals surface area contributed by atoms with Gasteiger partial charge in [-0.05, 0) is 83.9 Å². The van der Waals surface area contributed by atoms with Crippen molar-refractivity contribution in [3.8, 4) is 22.5 Å². The molecular formula is C29H19F2N3S. The summed E-state index contributed by atoms with van der Waals surface area (Å²) in [4.78, 5) is 11.2. The van der Waals surface area contributed by atoms with E-state index in [1.54, 1.807) is 23.9 Å². The van der Waals surface area contributed by atoms with E-state index in [0.717, 1.165) is 65.5 Å². The minimum absolute atomic E-state index is 0.249. The maximum absolute atomic E-state index is 13.6. The molecule has 0 unspecified atom stereocenters. The lowest BCUT2D eigenvalue weighted by atomic mass is 10.1. The van der Waals surface area contributed by atoms with Gasteiger partial charge in [-0.15, -0.1) is 0 Å². The van der Waals surface area contributed by atoms with Crippen molar-refractivity contribution in [2.45, 2.75) is 9.79 Å². The van der Waals surface area contributed by atoms with Gasteiger partial charge >= 0.3 is 0 Å². The maximum Gasteiger partial charge on any atom is 0.125 e. The average Bonchev–Trinajstić information content (AvgIpc) is 3.47. The zero-order valence-corrected chi connectivity index (χ0v) is 19.5. The highest BCUT2D eigenvalue weighted by atomic mass is 32.2. The lowest BCUT2D eigenvalue weighted by Crippen LogP contribution is -2.14. The van der Waals surface area contributed by atoms with Crippen LogP contribution in [0.15, 0.2) is 94.7 Å². The molecule has 6 aromatic rings. The van der Waals surface area contributed by atoms with Gasteiger partial charge in [0.15, 0.2) is 0 Å². The van der Waals surface area contributed by atoms with Crippen molar-refractivity contribution < 1.29 is 8.78 Å². The molecule has 2 aromatic heterocycles. The molecule has 0 atom stereocenters. The van der Waals surface area contributed by atoms with Gasteiger partial charge in [0.2, 0.25) is 0 Å². The fourth-order valence-electron chi connectivity index (χ4n) is 4.84. The smallest absolute Gasteiger partial charge is 0.125 e. The van der Waals surface area contributed by atoms with Gasteiger partial charge in [-0.3, -0.25) is 0 Å². The molecule has 1 aliphatic heterocycles. The molecule has 0 saturated carbocycles. The molecule has 0 saturated heterocycles. The normalized spacial score (nSPS) is 12.8. The van der Waals surface area contributed by atoms with Crippen LogP contribution in [0.2, 0.25) is 0 Å². The first-order valence-electron chi connectivity index (χ1n) is 11.3. The van der Waals surface area contributed by atoms with Crippen LogP contribution in [0, 0.1) is 11.6 Å². The van der Waals surface area contributed by atoms with Crippen molar-refractivity contribution in [2.24, 2.45) is 0 Å². The third-order valence-electron chi connectivity index (χ3n) is 6.65. The SMILES string of the molecule is CN1c2ccc(-c3cc4ccc(F)cc4[nH]3)cc2Sc2cc(-c3cc4ccc(F)cc4[nH]3)ccc21. The van der Waals surface area contributed by atoms with E-state index in [9.17, 15) is 8.78 Å². The molecule has 3 heterocycles. The second kappa shape index (κ2) is 7.48. The first kappa shape index (κ1) is 20.4. The summed E-state index contributed by atoms with van der Waals surface area (Å²) < 4.78 is 27.3. The van der Waals surface area contributed by atoms with Crippen LogP contribution in [-0.2, 0) is 0 Å². The molecule has 6 heteroatoms. The van der Waals surface area contributed by atoms with Gasteiger partial charge in [0.25, 0.3) is 0 Å². The molecule has 0 fully saturated rings. The quantitative estimate of drug-likeness (QED) is 0.261. The van der Waals surface area contributed by atoms with E-state index in [4.69, 9.17) is 0 Å². The second-order valence-electron chi connectivity index (χ2n) is 8.86. The lowest BCUT2D eigenvalue weighted by Gasteiger charge is -2.30. The number of aromatic nitrogens is 2. The summed E-state index contributed by atoms with van der Waals surface area (Å²) in [6.45, 7) is 0. The third-order valence-corrected chi connectivity index (χ3v) is 7.75. The van der Waals surface area contributed by atoms with Crippen molar-refractivity contribution in [3.63, 3.8) is 0 Å². The Hall–Kier alpha value is -4.03.